The average molecular weight is 429 g/mol. The number of aromatic nitrogens is 1. The van der Waals surface area contributed by atoms with Gasteiger partial charge in [-0.05, 0) is 53.5 Å². The number of H-pyrrole nitrogens is 1. The van der Waals surface area contributed by atoms with Gasteiger partial charge in [0.25, 0.3) is 5.91 Å². The van der Waals surface area contributed by atoms with E-state index in [1.165, 1.54) is 29.3 Å². The van der Waals surface area contributed by atoms with Gasteiger partial charge < -0.3 is 15.0 Å². The molecule has 2 N–H and O–H groups in total. The van der Waals surface area contributed by atoms with Crippen LogP contribution in [-0.2, 0) is 6.54 Å². The van der Waals surface area contributed by atoms with E-state index in [0.29, 0.717) is 24.3 Å². The van der Waals surface area contributed by atoms with Gasteiger partial charge >= 0.3 is 6.36 Å². The fourth-order valence-electron chi connectivity index (χ4n) is 4.78. The van der Waals surface area contributed by atoms with Crippen LogP contribution in [0.5, 0.6) is 5.75 Å². The third kappa shape index (κ3) is 4.39. The number of rotatable bonds is 6. The van der Waals surface area contributed by atoms with E-state index in [-0.39, 0.29) is 11.5 Å². The van der Waals surface area contributed by atoms with Crippen molar-refractivity contribution in [3.8, 4) is 5.75 Å². The van der Waals surface area contributed by atoms with Crippen molar-refractivity contribution in [2.75, 3.05) is 19.6 Å². The van der Waals surface area contributed by atoms with Gasteiger partial charge in [-0.2, -0.15) is 0 Å². The number of para-hydroxylation sites is 1. The molecule has 31 heavy (non-hydrogen) atoms. The maximum Gasteiger partial charge on any atom is 0.573 e. The number of benzene rings is 2. The van der Waals surface area contributed by atoms with Crippen LogP contribution in [0.25, 0.3) is 10.9 Å². The molecule has 162 valence electrons. The van der Waals surface area contributed by atoms with Gasteiger partial charge in [0.05, 0.1) is 0 Å². The number of amides is 1. The number of nitrogens with zero attached hydrogens (tertiary/aromatic N) is 1. The highest BCUT2D eigenvalue weighted by atomic mass is 19.4. The maximum atomic E-state index is 12.4. The summed E-state index contributed by atoms with van der Waals surface area (Å²) in [6.07, 6.45) is -4.78. The molecule has 2 aliphatic rings. The van der Waals surface area contributed by atoms with Crippen LogP contribution >= 0.6 is 0 Å². The fourth-order valence-corrected chi connectivity index (χ4v) is 4.78. The van der Waals surface area contributed by atoms with Crippen LogP contribution < -0.4 is 10.1 Å². The number of piperidine rings is 1. The molecule has 2 heterocycles. The zero-order valence-electron chi connectivity index (χ0n) is 16.7. The Morgan fingerprint density at radius 2 is 1.87 bits per heavy atom. The Hall–Kier alpha value is -3.00. The molecule has 1 saturated heterocycles. The largest absolute Gasteiger partial charge is 0.573 e. The molecule has 1 aliphatic carbocycles. The van der Waals surface area contributed by atoms with Crippen LogP contribution in [0.15, 0.2) is 54.6 Å². The Bertz CT molecular complexity index is 1070. The summed E-state index contributed by atoms with van der Waals surface area (Å²) in [4.78, 5) is 18.2. The minimum absolute atomic E-state index is 0.160. The monoisotopic (exact) mass is 429 g/mol. The molecule has 0 spiro atoms. The smallest absolute Gasteiger partial charge is 0.406 e. The summed E-state index contributed by atoms with van der Waals surface area (Å²) < 4.78 is 41.0. The quantitative estimate of drug-likeness (QED) is 0.618. The van der Waals surface area contributed by atoms with Gasteiger partial charge in [0.1, 0.15) is 5.75 Å². The lowest BCUT2D eigenvalue weighted by molar-refractivity contribution is -0.274. The third-order valence-electron chi connectivity index (χ3n) is 6.25. The Kier molecular flexibility index (Phi) is 4.89. The molecule has 0 bridgehead atoms. The normalized spacial score (nSPS) is 23.0. The molecule has 2 aromatic carbocycles. The molecule has 1 amide bonds. The molecule has 1 aromatic heterocycles. The van der Waals surface area contributed by atoms with E-state index < -0.39 is 12.1 Å². The van der Waals surface area contributed by atoms with Crippen LogP contribution in [0.2, 0.25) is 0 Å². The highest BCUT2D eigenvalue weighted by Gasteiger charge is 2.55. The molecule has 2 atom stereocenters. The summed E-state index contributed by atoms with van der Waals surface area (Å²) in [5, 5.41) is 4.08. The van der Waals surface area contributed by atoms with E-state index in [9.17, 15) is 18.0 Å². The van der Waals surface area contributed by atoms with E-state index in [2.05, 4.69) is 38.1 Å². The first-order chi connectivity index (χ1) is 14.9. The number of hydrogen-bond acceptors (Lipinski definition) is 3. The predicted molar refractivity (Wildman–Crippen MR) is 110 cm³/mol. The van der Waals surface area contributed by atoms with Crippen molar-refractivity contribution in [3.05, 3.63) is 65.9 Å². The van der Waals surface area contributed by atoms with Crippen molar-refractivity contribution in [3.63, 3.8) is 0 Å². The number of aromatic amines is 1. The van der Waals surface area contributed by atoms with Gasteiger partial charge in [0.15, 0.2) is 0 Å². The van der Waals surface area contributed by atoms with E-state index in [1.807, 2.05) is 12.1 Å². The molecule has 2 fully saturated rings. The lowest BCUT2D eigenvalue weighted by atomic mass is 10.2. The van der Waals surface area contributed by atoms with Crippen molar-refractivity contribution >= 4 is 16.8 Å². The lowest BCUT2D eigenvalue weighted by Gasteiger charge is -2.18. The second-order valence-electron chi connectivity index (χ2n) is 8.35. The fraction of sp³-hybridized carbons (Fsp3) is 0.348. The molecule has 3 aromatic rings. The summed E-state index contributed by atoms with van der Waals surface area (Å²) >= 11 is 0. The Labute approximate surface area is 177 Å². The molecule has 1 aliphatic heterocycles. The van der Waals surface area contributed by atoms with Crippen LogP contribution in [0.1, 0.15) is 16.1 Å². The van der Waals surface area contributed by atoms with Gasteiger partial charge in [-0.1, -0.05) is 24.3 Å². The molecule has 8 heteroatoms. The van der Waals surface area contributed by atoms with Crippen molar-refractivity contribution in [2.24, 2.45) is 17.8 Å². The number of ether oxygens (including phenoxy) is 1. The summed E-state index contributed by atoms with van der Waals surface area (Å²) in [7, 11) is 0. The first kappa shape index (κ1) is 19.9. The number of carbonyl (C=O) groups excluding carboxylic acids is 1. The van der Waals surface area contributed by atoms with Crippen molar-refractivity contribution in [1.29, 1.82) is 0 Å². The number of nitrogens with one attached hydrogen (secondary N) is 2. The second-order valence-corrected chi connectivity index (χ2v) is 8.35. The number of halogens is 3. The van der Waals surface area contributed by atoms with E-state index in [4.69, 9.17) is 0 Å². The minimum atomic E-state index is -4.78. The summed E-state index contributed by atoms with van der Waals surface area (Å²) in [6, 6.07) is 15.6. The topological polar surface area (TPSA) is 57.4 Å². The number of carbonyl (C=O) groups is 1. The number of fused-ring (bicyclic) bond motifs is 2. The van der Waals surface area contributed by atoms with E-state index >= 15 is 0 Å². The maximum absolute atomic E-state index is 12.4. The van der Waals surface area contributed by atoms with Crippen LogP contribution in [0, 0.1) is 17.8 Å². The molecule has 5 rings (SSSR count). The van der Waals surface area contributed by atoms with E-state index in [0.717, 1.165) is 31.2 Å². The van der Waals surface area contributed by atoms with Crippen molar-refractivity contribution in [1.82, 2.24) is 15.2 Å². The number of alkyl halides is 3. The highest BCUT2D eigenvalue weighted by molar-refractivity contribution is 5.94. The molecular weight excluding hydrogens is 407 g/mol. The first-order valence-electron chi connectivity index (χ1n) is 10.3. The van der Waals surface area contributed by atoms with Crippen LogP contribution in [-0.4, -0.2) is 41.8 Å². The molecular formula is C23H22F3N3O2. The van der Waals surface area contributed by atoms with Crippen molar-refractivity contribution < 1.29 is 22.7 Å². The van der Waals surface area contributed by atoms with Gasteiger partial charge in [-0.15, -0.1) is 13.2 Å². The Morgan fingerprint density at radius 3 is 2.61 bits per heavy atom. The molecule has 1 saturated carbocycles. The molecule has 2 unspecified atom stereocenters. The molecule has 0 radical (unpaired) electrons. The number of likely N-dealkylation sites (tertiary alicyclic amines) is 1. The van der Waals surface area contributed by atoms with Gasteiger partial charge in [0.2, 0.25) is 0 Å². The lowest BCUT2D eigenvalue weighted by Crippen LogP contribution is -2.30. The predicted octanol–water partition coefficient (Wildman–Crippen LogP) is 4.17. The van der Waals surface area contributed by atoms with Crippen molar-refractivity contribution in [2.45, 2.75) is 12.9 Å². The summed E-state index contributed by atoms with van der Waals surface area (Å²) in [5.41, 5.74) is 2.51. The van der Waals surface area contributed by atoms with Crippen LogP contribution in [0.4, 0.5) is 13.2 Å². The number of hydrogen-bond donors (Lipinski definition) is 2. The highest BCUT2D eigenvalue weighted by Crippen LogP contribution is 2.51. The Morgan fingerprint density at radius 1 is 1.10 bits per heavy atom. The average Bonchev–Trinajstić information content (AvgIpc) is 3.04. The van der Waals surface area contributed by atoms with Gasteiger partial charge in [-0.25, -0.2) is 0 Å². The molecule has 5 nitrogen and oxygen atoms in total. The van der Waals surface area contributed by atoms with Gasteiger partial charge in [-0.3, -0.25) is 9.69 Å². The SMILES string of the molecule is O=C(NCC1C2CN(Cc3cc4ccccc4[nH]3)CC12)c1cccc(OC(F)(F)F)c1. The van der Waals surface area contributed by atoms with E-state index in [1.54, 1.807) is 0 Å². The standard InChI is InChI=1S/C23H22F3N3O2/c24-23(25,26)31-17-6-3-5-15(9-17)22(30)27-10-18-19-12-29(13-20(18)19)11-16-8-14-4-1-2-7-21(14)28-16/h1-9,18-20,28H,10-13H2,(H,27,30). The zero-order valence-corrected chi connectivity index (χ0v) is 16.7. The first-order valence-corrected chi connectivity index (χ1v) is 10.3. The second kappa shape index (κ2) is 7.60. The van der Waals surface area contributed by atoms with Gasteiger partial charge in [0, 0.05) is 43.0 Å². The summed E-state index contributed by atoms with van der Waals surface area (Å²) in [6.45, 7) is 3.41. The summed E-state index contributed by atoms with van der Waals surface area (Å²) in [5.74, 6) is 0.773. The third-order valence-corrected chi connectivity index (χ3v) is 6.25. The zero-order chi connectivity index (χ0) is 21.6. The Balaban J connectivity index is 1.10. The minimum Gasteiger partial charge on any atom is -0.406 e. The van der Waals surface area contributed by atoms with Crippen LogP contribution in [0.3, 0.4) is 0 Å².